The predicted molar refractivity (Wildman–Crippen MR) is 77.1 cm³/mol. The fraction of sp³-hybridized carbons (Fsp3) is 0.875. The Morgan fingerprint density at radius 1 is 0.824 bits per heavy atom. The van der Waals surface area contributed by atoms with E-state index in [0.29, 0.717) is 0 Å². The Bertz CT molecular complexity index is 186. The third-order valence-electron chi connectivity index (χ3n) is 3.89. The van der Waals surface area contributed by atoms with Gasteiger partial charge in [0.25, 0.3) is 0 Å². The van der Waals surface area contributed by atoms with Gasteiger partial charge in [0.1, 0.15) is 0 Å². The summed E-state index contributed by atoms with van der Waals surface area (Å²) in [5.74, 6) is 0.922. The van der Waals surface area contributed by atoms with Gasteiger partial charge in [-0.05, 0) is 38.1 Å². The van der Waals surface area contributed by atoms with Crippen LogP contribution in [0.4, 0.5) is 0 Å². The van der Waals surface area contributed by atoms with Gasteiger partial charge < -0.3 is 5.73 Å². The summed E-state index contributed by atoms with van der Waals surface area (Å²) in [6.07, 6.45) is 21.6. The van der Waals surface area contributed by atoms with E-state index in [-0.39, 0.29) is 0 Å². The van der Waals surface area contributed by atoms with Crippen molar-refractivity contribution in [3.05, 3.63) is 12.2 Å². The highest BCUT2D eigenvalue weighted by molar-refractivity contribution is 4.95. The van der Waals surface area contributed by atoms with Crippen LogP contribution in [-0.2, 0) is 0 Å². The highest BCUT2D eigenvalue weighted by Gasteiger charge is 2.07. The topological polar surface area (TPSA) is 26.0 Å². The van der Waals surface area contributed by atoms with Crippen molar-refractivity contribution in [1.82, 2.24) is 0 Å². The molecule has 1 rings (SSSR count). The maximum atomic E-state index is 5.47. The van der Waals surface area contributed by atoms with Crippen molar-refractivity contribution >= 4 is 0 Å². The Hall–Kier alpha value is -0.300. The minimum Gasteiger partial charge on any atom is -0.330 e. The molecule has 1 unspecified atom stereocenters. The van der Waals surface area contributed by atoms with Crippen LogP contribution in [0.1, 0.15) is 77.0 Å². The van der Waals surface area contributed by atoms with Crippen LogP contribution in [0.15, 0.2) is 12.2 Å². The summed E-state index contributed by atoms with van der Waals surface area (Å²) >= 11 is 0. The molecule has 1 nitrogen and oxygen atoms in total. The van der Waals surface area contributed by atoms with E-state index in [0.717, 1.165) is 12.5 Å². The molecule has 0 amide bonds. The van der Waals surface area contributed by atoms with Gasteiger partial charge in [0.05, 0.1) is 0 Å². The molecular weight excluding hydrogens is 206 g/mol. The van der Waals surface area contributed by atoms with E-state index in [1.54, 1.807) is 0 Å². The molecule has 1 heteroatoms. The summed E-state index contributed by atoms with van der Waals surface area (Å²) in [6, 6.07) is 0. The van der Waals surface area contributed by atoms with Crippen molar-refractivity contribution in [2.24, 2.45) is 11.7 Å². The minimum atomic E-state index is 0.871. The van der Waals surface area contributed by atoms with Gasteiger partial charge in [-0.2, -0.15) is 0 Å². The van der Waals surface area contributed by atoms with E-state index in [9.17, 15) is 0 Å². The van der Waals surface area contributed by atoms with E-state index in [1.807, 2.05) is 0 Å². The smallest absolute Gasteiger partial charge is 0.00773 e. The molecule has 0 radical (unpaired) electrons. The average Bonchev–Trinajstić information content (AvgIpc) is 2.85. The van der Waals surface area contributed by atoms with E-state index >= 15 is 0 Å². The first-order valence-electron chi connectivity index (χ1n) is 7.80. The summed E-state index contributed by atoms with van der Waals surface area (Å²) < 4.78 is 0. The Labute approximate surface area is 108 Å². The molecule has 0 aromatic heterocycles. The number of allylic oxidation sites excluding steroid dienone is 2. The number of unbranched alkanes of at least 4 members (excludes halogenated alkanes) is 8. The monoisotopic (exact) mass is 237 g/mol. The lowest BCUT2D eigenvalue weighted by molar-refractivity contribution is 0.505. The molecule has 0 saturated heterocycles. The summed E-state index contributed by atoms with van der Waals surface area (Å²) in [4.78, 5) is 0. The fourth-order valence-corrected chi connectivity index (χ4v) is 2.72. The fourth-order valence-electron chi connectivity index (χ4n) is 2.72. The molecule has 0 aromatic rings. The number of hydrogen-bond donors (Lipinski definition) is 1. The highest BCUT2D eigenvalue weighted by Crippen LogP contribution is 2.23. The zero-order valence-electron chi connectivity index (χ0n) is 11.5. The Morgan fingerprint density at radius 3 is 1.94 bits per heavy atom. The van der Waals surface area contributed by atoms with Crippen molar-refractivity contribution in [2.45, 2.75) is 77.0 Å². The third kappa shape index (κ3) is 8.43. The molecule has 100 valence electrons. The molecule has 1 aliphatic carbocycles. The van der Waals surface area contributed by atoms with E-state index < -0.39 is 0 Å². The lowest BCUT2D eigenvalue weighted by atomic mass is 9.99. The first-order chi connectivity index (χ1) is 8.43. The minimum absolute atomic E-state index is 0.871. The molecule has 0 spiro atoms. The zero-order chi connectivity index (χ0) is 12.2. The van der Waals surface area contributed by atoms with Crippen molar-refractivity contribution in [2.75, 3.05) is 6.54 Å². The molecule has 17 heavy (non-hydrogen) atoms. The van der Waals surface area contributed by atoms with Gasteiger partial charge in [-0.3, -0.25) is 0 Å². The van der Waals surface area contributed by atoms with Crippen molar-refractivity contribution in [1.29, 1.82) is 0 Å². The Balaban J connectivity index is 1.71. The second kappa shape index (κ2) is 10.8. The lowest BCUT2D eigenvalue weighted by Crippen LogP contribution is -1.97. The molecular formula is C16H31N. The number of hydrogen-bond acceptors (Lipinski definition) is 1. The SMILES string of the molecule is NCCCCCCCCCCCC1C=CCC1. The molecule has 0 bridgehead atoms. The average molecular weight is 237 g/mol. The standard InChI is InChI=1S/C16H31N/c17-15-11-7-5-3-1-2-4-6-8-12-16-13-9-10-14-16/h9,13,16H,1-8,10-12,14-15,17H2. The van der Waals surface area contributed by atoms with E-state index in [4.69, 9.17) is 5.73 Å². The second-order valence-electron chi connectivity index (χ2n) is 5.52. The van der Waals surface area contributed by atoms with Crippen LogP contribution in [0.2, 0.25) is 0 Å². The summed E-state index contributed by atoms with van der Waals surface area (Å²) in [5, 5.41) is 0. The first-order valence-corrected chi connectivity index (χ1v) is 7.80. The van der Waals surface area contributed by atoms with E-state index in [2.05, 4.69) is 12.2 Å². The Kier molecular flexibility index (Phi) is 9.40. The van der Waals surface area contributed by atoms with Gasteiger partial charge >= 0.3 is 0 Å². The normalized spacial score (nSPS) is 19.0. The van der Waals surface area contributed by atoms with Crippen LogP contribution in [0, 0.1) is 5.92 Å². The van der Waals surface area contributed by atoms with Crippen LogP contribution >= 0.6 is 0 Å². The van der Waals surface area contributed by atoms with Gasteiger partial charge in [0.2, 0.25) is 0 Å². The van der Waals surface area contributed by atoms with E-state index in [1.165, 1.54) is 77.0 Å². The number of rotatable bonds is 11. The maximum Gasteiger partial charge on any atom is -0.00773 e. The van der Waals surface area contributed by atoms with Gasteiger partial charge in [0.15, 0.2) is 0 Å². The highest BCUT2D eigenvalue weighted by atomic mass is 14.5. The summed E-state index contributed by atoms with van der Waals surface area (Å²) in [5.41, 5.74) is 5.47. The van der Waals surface area contributed by atoms with Crippen LogP contribution < -0.4 is 5.73 Å². The van der Waals surface area contributed by atoms with Crippen LogP contribution in [-0.4, -0.2) is 6.54 Å². The lowest BCUT2D eigenvalue weighted by Gasteiger charge is -2.06. The van der Waals surface area contributed by atoms with Gasteiger partial charge in [-0.15, -0.1) is 0 Å². The van der Waals surface area contributed by atoms with Crippen LogP contribution in [0.3, 0.4) is 0 Å². The Morgan fingerprint density at radius 2 is 1.41 bits per heavy atom. The molecule has 0 fully saturated rings. The van der Waals surface area contributed by atoms with Crippen molar-refractivity contribution < 1.29 is 0 Å². The quantitative estimate of drug-likeness (QED) is 0.405. The molecule has 0 saturated carbocycles. The molecule has 0 aromatic carbocycles. The molecule has 2 N–H and O–H groups in total. The first kappa shape index (κ1) is 14.8. The van der Waals surface area contributed by atoms with Crippen LogP contribution in [0.25, 0.3) is 0 Å². The van der Waals surface area contributed by atoms with Crippen molar-refractivity contribution in [3.63, 3.8) is 0 Å². The third-order valence-corrected chi connectivity index (χ3v) is 3.89. The van der Waals surface area contributed by atoms with Gasteiger partial charge in [-0.1, -0.05) is 63.5 Å². The molecule has 1 atom stereocenters. The maximum absolute atomic E-state index is 5.47. The van der Waals surface area contributed by atoms with Gasteiger partial charge in [0, 0.05) is 0 Å². The van der Waals surface area contributed by atoms with Crippen molar-refractivity contribution in [3.8, 4) is 0 Å². The van der Waals surface area contributed by atoms with Gasteiger partial charge in [-0.25, -0.2) is 0 Å². The molecule has 0 aliphatic heterocycles. The molecule has 1 aliphatic rings. The summed E-state index contributed by atoms with van der Waals surface area (Å²) in [7, 11) is 0. The number of nitrogens with two attached hydrogens (primary N) is 1. The molecule has 0 heterocycles. The largest absolute Gasteiger partial charge is 0.330 e. The predicted octanol–water partition coefficient (Wildman–Crippen LogP) is 4.81. The van der Waals surface area contributed by atoms with Crippen LogP contribution in [0.5, 0.6) is 0 Å². The zero-order valence-corrected chi connectivity index (χ0v) is 11.5. The summed E-state index contributed by atoms with van der Waals surface area (Å²) in [6.45, 7) is 0.871. The second-order valence-corrected chi connectivity index (χ2v) is 5.52.